The van der Waals surface area contributed by atoms with Gasteiger partial charge in [0, 0.05) is 45.7 Å². The van der Waals surface area contributed by atoms with E-state index in [1.807, 2.05) is 13.1 Å². The molecule has 0 amide bonds. The van der Waals surface area contributed by atoms with Crippen LogP contribution in [0.4, 0.5) is 0 Å². The molecule has 1 aromatic heterocycles. The summed E-state index contributed by atoms with van der Waals surface area (Å²) in [6.07, 6.45) is 0.954. The Bertz CT molecular complexity index is 858. The average Bonchev–Trinajstić information content (AvgIpc) is 3.21. The van der Waals surface area contributed by atoms with Crippen molar-refractivity contribution >= 4 is 51.3 Å². The van der Waals surface area contributed by atoms with Crippen LogP contribution < -0.4 is 10.0 Å². The minimum Gasteiger partial charge on any atom is -0.383 e. The average molecular weight is 553 g/mol. The Balaban J connectivity index is 0.00000420. The molecule has 2 aromatic rings. The van der Waals surface area contributed by atoms with Crippen LogP contribution in [0.15, 0.2) is 51.7 Å². The van der Waals surface area contributed by atoms with Crippen molar-refractivity contribution in [3.05, 3.63) is 52.2 Å². The highest BCUT2D eigenvalue weighted by molar-refractivity contribution is 14.0. The van der Waals surface area contributed by atoms with Crippen LogP contribution in [0.1, 0.15) is 10.4 Å². The molecule has 10 heteroatoms. The van der Waals surface area contributed by atoms with E-state index in [1.54, 1.807) is 36.6 Å². The number of nitrogens with one attached hydrogen (secondary N) is 2. The first-order chi connectivity index (χ1) is 13.5. The molecule has 1 heterocycles. The molecule has 0 bridgehead atoms. The number of nitrogens with zero attached hydrogens (tertiary/aromatic N) is 2. The Labute approximate surface area is 194 Å². The van der Waals surface area contributed by atoms with E-state index in [0.29, 0.717) is 13.2 Å². The molecule has 0 fully saturated rings. The fraction of sp³-hybridized carbons (Fsp3) is 0.421. The summed E-state index contributed by atoms with van der Waals surface area (Å²) in [5.74, 6) is 0.767. The fourth-order valence-corrected chi connectivity index (χ4v) is 4.37. The van der Waals surface area contributed by atoms with Crippen LogP contribution in [0.3, 0.4) is 0 Å². The van der Waals surface area contributed by atoms with Crippen molar-refractivity contribution in [2.45, 2.75) is 17.9 Å². The van der Waals surface area contributed by atoms with Gasteiger partial charge in [-0.1, -0.05) is 18.2 Å². The van der Waals surface area contributed by atoms with Crippen molar-refractivity contribution in [3.63, 3.8) is 0 Å². The number of thiophene rings is 1. The van der Waals surface area contributed by atoms with Gasteiger partial charge in [0.15, 0.2) is 5.96 Å². The van der Waals surface area contributed by atoms with Gasteiger partial charge in [0.05, 0.1) is 11.5 Å². The van der Waals surface area contributed by atoms with E-state index in [0.717, 1.165) is 24.5 Å². The quantitative estimate of drug-likeness (QED) is 0.205. The summed E-state index contributed by atoms with van der Waals surface area (Å²) in [4.78, 5) is 7.95. The molecule has 162 valence electrons. The molecule has 0 radical (unpaired) electrons. The molecule has 0 aliphatic rings. The molecule has 0 unspecified atom stereocenters. The van der Waals surface area contributed by atoms with Crippen molar-refractivity contribution in [3.8, 4) is 0 Å². The molecule has 0 aliphatic heterocycles. The lowest BCUT2D eigenvalue weighted by atomic mass is 10.2. The monoisotopic (exact) mass is 552 g/mol. The Hall–Kier alpha value is -1.21. The normalized spacial score (nSPS) is 11.8. The maximum Gasteiger partial charge on any atom is 0.240 e. The number of halogens is 1. The molecular formula is C19H29IN4O3S2. The molecule has 29 heavy (non-hydrogen) atoms. The molecule has 2 rings (SSSR count). The summed E-state index contributed by atoms with van der Waals surface area (Å²) in [5, 5.41) is 5.37. The van der Waals surface area contributed by atoms with E-state index in [1.165, 1.54) is 12.0 Å². The van der Waals surface area contributed by atoms with Crippen LogP contribution in [0.5, 0.6) is 0 Å². The molecular weight excluding hydrogens is 523 g/mol. The standard InChI is InChI=1S/C19H28N4O3S2.HI/c1-20-19(23(2)11-9-17-7-5-13-27-17)21-15-16-6-4-8-18(14-16)28(24,25)22-10-12-26-3;/h4-8,13-14,22H,9-12,15H2,1-3H3,(H,20,21);1H. The molecule has 2 N–H and O–H groups in total. The van der Waals surface area contributed by atoms with Crippen molar-refractivity contribution < 1.29 is 13.2 Å². The maximum atomic E-state index is 12.3. The molecule has 0 saturated carbocycles. The van der Waals surface area contributed by atoms with Gasteiger partial charge in [0.25, 0.3) is 0 Å². The zero-order valence-electron chi connectivity index (χ0n) is 16.9. The lowest BCUT2D eigenvalue weighted by Crippen LogP contribution is -2.39. The Morgan fingerprint density at radius 1 is 1.28 bits per heavy atom. The number of aliphatic imine (C=N–C) groups is 1. The van der Waals surface area contributed by atoms with Crippen molar-refractivity contribution in [2.24, 2.45) is 4.99 Å². The minimum atomic E-state index is -3.55. The SMILES string of the molecule is CN=C(NCc1cccc(S(=O)(=O)NCCOC)c1)N(C)CCc1cccs1.I. The summed E-state index contributed by atoms with van der Waals surface area (Å²) in [5.41, 5.74) is 0.863. The van der Waals surface area contributed by atoms with Crippen LogP contribution in [-0.4, -0.2) is 60.2 Å². The van der Waals surface area contributed by atoms with Crippen molar-refractivity contribution in [1.29, 1.82) is 0 Å². The summed E-state index contributed by atoms with van der Waals surface area (Å²) in [7, 11) is 1.72. The van der Waals surface area contributed by atoms with Gasteiger partial charge in [-0.15, -0.1) is 35.3 Å². The minimum absolute atomic E-state index is 0. The van der Waals surface area contributed by atoms with Crippen LogP contribution in [0, 0.1) is 0 Å². The maximum absolute atomic E-state index is 12.3. The van der Waals surface area contributed by atoms with Crippen LogP contribution in [-0.2, 0) is 27.7 Å². The van der Waals surface area contributed by atoms with E-state index >= 15 is 0 Å². The second-order valence-electron chi connectivity index (χ2n) is 6.19. The first kappa shape index (κ1) is 25.8. The Kier molecular flexibility index (Phi) is 11.7. The summed E-state index contributed by atoms with van der Waals surface area (Å²) >= 11 is 1.75. The molecule has 0 atom stereocenters. The second-order valence-corrected chi connectivity index (χ2v) is 8.99. The van der Waals surface area contributed by atoms with Crippen molar-refractivity contribution in [1.82, 2.24) is 14.9 Å². The summed E-state index contributed by atoms with van der Waals surface area (Å²) < 4.78 is 32.1. The van der Waals surface area contributed by atoms with Gasteiger partial charge in [-0.25, -0.2) is 13.1 Å². The highest BCUT2D eigenvalue weighted by Gasteiger charge is 2.14. The Morgan fingerprint density at radius 3 is 2.72 bits per heavy atom. The third-order valence-corrected chi connectivity index (χ3v) is 6.50. The molecule has 7 nitrogen and oxygen atoms in total. The second kappa shape index (κ2) is 13.2. The zero-order chi connectivity index (χ0) is 20.4. The fourth-order valence-electron chi connectivity index (χ4n) is 2.59. The van der Waals surface area contributed by atoms with Crippen molar-refractivity contribution in [2.75, 3.05) is 40.9 Å². The van der Waals surface area contributed by atoms with Crippen LogP contribution in [0.2, 0.25) is 0 Å². The molecule has 0 spiro atoms. The van der Waals surface area contributed by atoms with Gasteiger partial charge in [-0.3, -0.25) is 4.99 Å². The summed E-state index contributed by atoms with van der Waals surface area (Å²) in [6.45, 7) is 1.90. The number of ether oxygens (including phenoxy) is 1. The highest BCUT2D eigenvalue weighted by atomic mass is 127. The van der Waals surface area contributed by atoms with Gasteiger partial charge < -0.3 is 15.0 Å². The number of rotatable bonds is 10. The zero-order valence-corrected chi connectivity index (χ0v) is 20.9. The number of hydrogen-bond acceptors (Lipinski definition) is 5. The number of hydrogen-bond donors (Lipinski definition) is 2. The largest absolute Gasteiger partial charge is 0.383 e. The predicted molar refractivity (Wildman–Crippen MR) is 130 cm³/mol. The lowest BCUT2D eigenvalue weighted by Gasteiger charge is -2.22. The van der Waals surface area contributed by atoms with E-state index in [9.17, 15) is 8.42 Å². The predicted octanol–water partition coefficient (Wildman–Crippen LogP) is 2.54. The number of likely N-dealkylation sites (N-methyl/N-ethyl adjacent to an activating group) is 1. The number of methoxy groups -OCH3 is 1. The van der Waals surface area contributed by atoms with E-state index in [-0.39, 0.29) is 35.4 Å². The molecule has 0 aliphatic carbocycles. The van der Waals surface area contributed by atoms with Gasteiger partial charge in [0.2, 0.25) is 10.0 Å². The first-order valence-corrected chi connectivity index (χ1v) is 11.3. The smallest absolute Gasteiger partial charge is 0.240 e. The number of benzene rings is 1. The highest BCUT2D eigenvalue weighted by Crippen LogP contribution is 2.12. The van der Waals surface area contributed by atoms with Crippen LogP contribution >= 0.6 is 35.3 Å². The third kappa shape index (κ3) is 8.59. The number of guanidine groups is 1. The van der Waals surface area contributed by atoms with E-state index < -0.39 is 10.0 Å². The Morgan fingerprint density at radius 2 is 2.07 bits per heavy atom. The molecule has 0 saturated heterocycles. The van der Waals surface area contributed by atoms with Gasteiger partial charge in [-0.2, -0.15) is 0 Å². The topological polar surface area (TPSA) is 83.0 Å². The van der Waals surface area contributed by atoms with E-state index in [2.05, 4.69) is 37.4 Å². The molecule has 1 aromatic carbocycles. The van der Waals surface area contributed by atoms with Gasteiger partial charge in [-0.05, 0) is 35.6 Å². The number of sulfonamides is 1. The lowest BCUT2D eigenvalue weighted by molar-refractivity contribution is 0.204. The first-order valence-electron chi connectivity index (χ1n) is 8.98. The third-order valence-electron chi connectivity index (χ3n) is 4.10. The summed E-state index contributed by atoms with van der Waals surface area (Å²) in [6, 6.07) is 11.1. The van der Waals surface area contributed by atoms with E-state index in [4.69, 9.17) is 4.74 Å². The van der Waals surface area contributed by atoms with Gasteiger partial charge >= 0.3 is 0 Å². The van der Waals surface area contributed by atoms with Gasteiger partial charge in [0.1, 0.15) is 0 Å². The van der Waals surface area contributed by atoms with Crippen LogP contribution in [0.25, 0.3) is 0 Å².